The van der Waals surface area contributed by atoms with Gasteiger partial charge in [-0.15, -0.1) is 0 Å². The van der Waals surface area contributed by atoms with Gasteiger partial charge in [-0.05, 0) is 25.5 Å². The van der Waals surface area contributed by atoms with Crippen molar-refractivity contribution < 1.29 is 4.39 Å². The molecule has 1 aromatic carbocycles. The molecule has 3 atom stereocenters. The first-order valence-electron chi connectivity index (χ1n) is 9.22. The number of alkyl halides is 1. The van der Waals surface area contributed by atoms with E-state index in [1.165, 1.54) is 0 Å². The van der Waals surface area contributed by atoms with Gasteiger partial charge in [0.2, 0.25) is 5.96 Å². The SMILES string of the molecule is C[C@@H](c1cc2cccc(Cl)c2nc1N1CC[C@@H](F)C1)C1(C)N=C(N)N=C(N)N1. The number of halogens is 2. The van der Waals surface area contributed by atoms with Crippen LogP contribution in [0.4, 0.5) is 10.2 Å². The van der Waals surface area contributed by atoms with Gasteiger partial charge in [0.15, 0.2) is 5.96 Å². The normalized spacial score (nSPS) is 26.0. The maximum absolute atomic E-state index is 13.9. The predicted octanol–water partition coefficient (Wildman–Crippen LogP) is 2.49. The van der Waals surface area contributed by atoms with Gasteiger partial charge in [-0.3, -0.25) is 0 Å². The Morgan fingerprint density at radius 1 is 1.39 bits per heavy atom. The summed E-state index contributed by atoms with van der Waals surface area (Å²) in [6, 6.07) is 7.69. The molecule has 1 unspecified atom stereocenters. The van der Waals surface area contributed by atoms with Gasteiger partial charge in [-0.1, -0.05) is 30.7 Å². The minimum Gasteiger partial charge on any atom is -0.370 e. The van der Waals surface area contributed by atoms with E-state index in [0.717, 1.165) is 10.9 Å². The van der Waals surface area contributed by atoms with Crippen LogP contribution in [-0.4, -0.2) is 41.8 Å². The number of fused-ring (bicyclic) bond motifs is 1. The van der Waals surface area contributed by atoms with Crippen LogP contribution in [0.3, 0.4) is 0 Å². The van der Waals surface area contributed by atoms with Crippen LogP contribution < -0.4 is 21.7 Å². The smallest absolute Gasteiger partial charge is 0.220 e. The number of pyridine rings is 1. The molecule has 0 aliphatic carbocycles. The van der Waals surface area contributed by atoms with Crippen LogP contribution in [0.5, 0.6) is 0 Å². The lowest BCUT2D eigenvalue weighted by Crippen LogP contribution is -2.55. The number of benzene rings is 1. The predicted molar refractivity (Wildman–Crippen MR) is 112 cm³/mol. The van der Waals surface area contributed by atoms with Crippen molar-refractivity contribution in [2.45, 2.75) is 38.0 Å². The van der Waals surface area contributed by atoms with Crippen LogP contribution in [-0.2, 0) is 0 Å². The van der Waals surface area contributed by atoms with Crippen molar-refractivity contribution in [2.24, 2.45) is 21.5 Å². The number of nitrogens with zero attached hydrogens (tertiary/aromatic N) is 4. The molecule has 1 aromatic heterocycles. The van der Waals surface area contributed by atoms with E-state index >= 15 is 0 Å². The average Bonchev–Trinajstić information content (AvgIpc) is 3.05. The molecule has 0 amide bonds. The van der Waals surface area contributed by atoms with E-state index in [1.807, 2.05) is 36.9 Å². The molecule has 9 heteroatoms. The summed E-state index contributed by atoms with van der Waals surface area (Å²) in [7, 11) is 0. The average molecular weight is 404 g/mol. The molecule has 28 heavy (non-hydrogen) atoms. The third kappa shape index (κ3) is 3.22. The molecule has 2 aliphatic heterocycles. The lowest BCUT2D eigenvalue weighted by Gasteiger charge is -2.37. The van der Waals surface area contributed by atoms with E-state index in [9.17, 15) is 4.39 Å². The number of guanidine groups is 2. The number of anilines is 1. The topological polar surface area (TPSA) is 105 Å². The molecule has 7 nitrogen and oxygen atoms in total. The van der Waals surface area contributed by atoms with Gasteiger partial charge < -0.3 is 21.7 Å². The van der Waals surface area contributed by atoms with Gasteiger partial charge in [-0.2, -0.15) is 4.99 Å². The molecule has 1 fully saturated rings. The lowest BCUT2D eigenvalue weighted by molar-refractivity contribution is 0.361. The molecule has 0 spiro atoms. The van der Waals surface area contributed by atoms with Crippen molar-refractivity contribution in [3.63, 3.8) is 0 Å². The molecule has 3 heterocycles. The molecule has 1 saturated heterocycles. The summed E-state index contributed by atoms with van der Waals surface area (Å²) in [6.07, 6.45) is -0.386. The second-order valence-corrected chi connectivity index (χ2v) is 7.91. The number of rotatable bonds is 3. The zero-order valence-electron chi connectivity index (χ0n) is 15.8. The van der Waals surface area contributed by atoms with Gasteiger partial charge in [0.1, 0.15) is 17.7 Å². The van der Waals surface area contributed by atoms with E-state index in [2.05, 4.69) is 15.3 Å². The Hall–Kier alpha value is -2.61. The van der Waals surface area contributed by atoms with Gasteiger partial charge in [-0.25, -0.2) is 14.4 Å². The number of hydrogen-bond acceptors (Lipinski definition) is 7. The van der Waals surface area contributed by atoms with E-state index in [0.29, 0.717) is 35.9 Å². The van der Waals surface area contributed by atoms with Crippen LogP contribution in [0, 0.1) is 0 Å². The Kier molecular flexibility index (Phi) is 4.53. The number of nitrogens with two attached hydrogens (primary N) is 2. The van der Waals surface area contributed by atoms with E-state index in [1.54, 1.807) is 6.07 Å². The largest absolute Gasteiger partial charge is 0.370 e. The second-order valence-electron chi connectivity index (χ2n) is 7.51. The van der Waals surface area contributed by atoms with Crippen LogP contribution in [0.2, 0.25) is 5.02 Å². The van der Waals surface area contributed by atoms with Crippen LogP contribution in [0.1, 0.15) is 31.7 Å². The second kappa shape index (κ2) is 6.77. The zero-order chi connectivity index (χ0) is 20.1. The highest BCUT2D eigenvalue weighted by Crippen LogP contribution is 2.39. The van der Waals surface area contributed by atoms with Crippen LogP contribution in [0.25, 0.3) is 10.9 Å². The molecule has 0 radical (unpaired) electrons. The summed E-state index contributed by atoms with van der Waals surface area (Å²) in [5.74, 6) is 0.870. The van der Waals surface area contributed by atoms with Gasteiger partial charge >= 0.3 is 0 Å². The van der Waals surface area contributed by atoms with E-state index in [-0.39, 0.29) is 17.8 Å². The van der Waals surface area contributed by atoms with Crippen molar-refractivity contribution in [1.82, 2.24) is 10.3 Å². The molecular weight excluding hydrogens is 381 g/mol. The fraction of sp³-hybridized carbons (Fsp3) is 0.421. The highest BCUT2D eigenvalue weighted by Gasteiger charge is 2.38. The van der Waals surface area contributed by atoms with Crippen LogP contribution >= 0.6 is 11.6 Å². The first-order chi connectivity index (χ1) is 13.3. The van der Waals surface area contributed by atoms with Crippen molar-refractivity contribution >= 4 is 40.2 Å². The van der Waals surface area contributed by atoms with Crippen molar-refractivity contribution in [3.8, 4) is 0 Å². The lowest BCUT2D eigenvalue weighted by atomic mass is 9.88. The monoisotopic (exact) mass is 403 g/mol. The van der Waals surface area contributed by atoms with Gasteiger partial charge in [0.05, 0.1) is 17.1 Å². The maximum atomic E-state index is 13.9. The summed E-state index contributed by atoms with van der Waals surface area (Å²) in [5.41, 5.74) is 12.6. The Morgan fingerprint density at radius 2 is 2.18 bits per heavy atom. The molecule has 0 saturated carbocycles. The number of para-hydroxylation sites is 1. The number of aliphatic imine (C=N–C) groups is 2. The molecular formula is C19H23ClFN7. The minimum atomic E-state index is -0.869. The summed E-state index contributed by atoms with van der Waals surface area (Å²) in [4.78, 5) is 15.2. The quantitative estimate of drug-likeness (QED) is 0.730. The Balaban J connectivity index is 1.86. The Morgan fingerprint density at radius 3 is 2.86 bits per heavy atom. The molecule has 0 bridgehead atoms. The zero-order valence-corrected chi connectivity index (χ0v) is 16.5. The Bertz CT molecular complexity index is 992. The highest BCUT2D eigenvalue weighted by molar-refractivity contribution is 6.35. The standard InChI is InChI=1S/C19H23ClFN7/c1-10(19(2)26-17(22)25-18(23)27-19)13-8-11-4-3-5-14(20)15(11)24-16(13)28-7-6-12(21)9-28/h3-5,8,10,12H,6-7,9H2,1-2H3,(H5,22,23,25,26,27)/t10-,12+/m0/s1. The Labute approximate surface area is 167 Å². The van der Waals surface area contributed by atoms with Gasteiger partial charge in [0, 0.05) is 23.4 Å². The molecule has 148 valence electrons. The molecule has 5 N–H and O–H groups in total. The van der Waals surface area contributed by atoms with Gasteiger partial charge in [0.25, 0.3) is 0 Å². The first kappa shape index (κ1) is 18.7. The number of nitrogens with one attached hydrogen (secondary N) is 1. The molecule has 2 aromatic rings. The summed E-state index contributed by atoms with van der Waals surface area (Å²) in [6.45, 7) is 4.83. The molecule has 4 rings (SSSR count). The fourth-order valence-electron chi connectivity index (χ4n) is 3.86. The minimum absolute atomic E-state index is 0.119. The highest BCUT2D eigenvalue weighted by atomic mass is 35.5. The summed E-state index contributed by atoms with van der Waals surface area (Å²) < 4.78 is 13.9. The maximum Gasteiger partial charge on any atom is 0.220 e. The van der Waals surface area contributed by atoms with E-state index in [4.69, 9.17) is 28.1 Å². The van der Waals surface area contributed by atoms with Crippen molar-refractivity contribution in [2.75, 3.05) is 18.0 Å². The first-order valence-corrected chi connectivity index (χ1v) is 9.60. The van der Waals surface area contributed by atoms with Crippen molar-refractivity contribution in [3.05, 3.63) is 34.9 Å². The molecule has 2 aliphatic rings. The fourth-order valence-corrected chi connectivity index (χ4v) is 4.08. The number of hydrogen-bond donors (Lipinski definition) is 3. The summed E-state index contributed by atoms with van der Waals surface area (Å²) >= 11 is 6.37. The van der Waals surface area contributed by atoms with Crippen LogP contribution in [0.15, 0.2) is 34.3 Å². The summed E-state index contributed by atoms with van der Waals surface area (Å²) in [5, 5.41) is 4.60. The van der Waals surface area contributed by atoms with Crippen molar-refractivity contribution in [1.29, 1.82) is 0 Å². The third-order valence-electron chi connectivity index (χ3n) is 5.51. The number of aromatic nitrogens is 1. The third-order valence-corrected chi connectivity index (χ3v) is 5.81. The van der Waals surface area contributed by atoms with E-state index < -0.39 is 11.8 Å².